The summed E-state index contributed by atoms with van der Waals surface area (Å²) < 4.78 is 5.11. The Labute approximate surface area is 85.9 Å². The number of rotatable bonds is 1. The highest BCUT2D eigenvalue weighted by Gasteiger charge is 2.08. The van der Waals surface area contributed by atoms with E-state index in [0.717, 1.165) is 11.2 Å². The molecule has 1 heterocycles. The summed E-state index contributed by atoms with van der Waals surface area (Å²) in [4.78, 5) is 16.4. The van der Waals surface area contributed by atoms with Crippen LogP contribution in [-0.2, 0) is 0 Å². The highest BCUT2D eigenvalue weighted by molar-refractivity contribution is 7.96. The Balaban J connectivity index is 2.48. The second kappa shape index (κ2) is 3.34. The second-order valence-electron chi connectivity index (χ2n) is 2.85. The van der Waals surface area contributed by atoms with Crippen LogP contribution >= 0.6 is 12.6 Å². The standard InChI is InChI=1S/C9H8N2O2S/c1-11(9(12)14)6-2-3-7-8(4-6)13-5-10-7/h2-5H,1H3,(H,12,14). The van der Waals surface area contributed by atoms with Crippen molar-refractivity contribution in [1.82, 2.24) is 4.98 Å². The molecular weight excluding hydrogens is 200 g/mol. The first kappa shape index (κ1) is 9.08. The lowest BCUT2D eigenvalue weighted by Gasteiger charge is -2.13. The van der Waals surface area contributed by atoms with Gasteiger partial charge in [-0.2, -0.15) is 0 Å². The summed E-state index contributed by atoms with van der Waals surface area (Å²) in [6, 6.07) is 5.33. The average molecular weight is 208 g/mol. The number of amides is 1. The number of carbonyl (C=O) groups is 1. The van der Waals surface area contributed by atoms with E-state index in [1.807, 2.05) is 0 Å². The third kappa shape index (κ3) is 1.46. The summed E-state index contributed by atoms with van der Waals surface area (Å²) >= 11 is 3.72. The highest BCUT2D eigenvalue weighted by Crippen LogP contribution is 2.21. The number of anilines is 1. The minimum absolute atomic E-state index is 0.316. The molecule has 0 aliphatic carbocycles. The van der Waals surface area contributed by atoms with Crippen LogP contribution in [0.15, 0.2) is 29.0 Å². The summed E-state index contributed by atoms with van der Waals surface area (Å²) in [7, 11) is 1.65. The molecule has 72 valence electrons. The van der Waals surface area contributed by atoms with Gasteiger partial charge in [0.25, 0.3) is 5.24 Å². The number of hydrogen-bond donors (Lipinski definition) is 1. The Morgan fingerprint density at radius 2 is 2.36 bits per heavy atom. The van der Waals surface area contributed by atoms with Crippen molar-refractivity contribution >= 4 is 34.7 Å². The average Bonchev–Trinajstić information content (AvgIpc) is 2.62. The lowest BCUT2D eigenvalue weighted by atomic mass is 10.3. The first-order valence-corrected chi connectivity index (χ1v) is 4.43. The largest absolute Gasteiger partial charge is 0.443 e. The van der Waals surface area contributed by atoms with Crippen molar-refractivity contribution in [3.05, 3.63) is 24.6 Å². The van der Waals surface area contributed by atoms with Gasteiger partial charge in [0, 0.05) is 18.8 Å². The van der Waals surface area contributed by atoms with Crippen LogP contribution < -0.4 is 4.90 Å². The van der Waals surface area contributed by atoms with Crippen molar-refractivity contribution in [1.29, 1.82) is 0 Å². The fourth-order valence-corrected chi connectivity index (χ4v) is 1.28. The van der Waals surface area contributed by atoms with Gasteiger partial charge in [-0.25, -0.2) is 4.98 Å². The molecule has 0 atom stereocenters. The number of thiol groups is 1. The summed E-state index contributed by atoms with van der Waals surface area (Å²) in [5.41, 5.74) is 2.16. The zero-order valence-electron chi connectivity index (χ0n) is 7.47. The van der Waals surface area contributed by atoms with Crippen molar-refractivity contribution in [3.63, 3.8) is 0 Å². The fourth-order valence-electron chi connectivity index (χ4n) is 1.16. The SMILES string of the molecule is CN(C(=O)S)c1ccc2ncoc2c1. The number of aromatic nitrogens is 1. The van der Waals surface area contributed by atoms with Crippen LogP contribution in [0.25, 0.3) is 11.1 Å². The lowest BCUT2D eigenvalue weighted by Crippen LogP contribution is -2.19. The summed E-state index contributed by atoms with van der Waals surface area (Å²) in [5, 5.41) is -0.316. The molecule has 1 aromatic heterocycles. The number of oxazole rings is 1. The molecule has 2 rings (SSSR count). The van der Waals surface area contributed by atoms with Crippen LogP contribution in [0.1, 0.15) is 0 Å². The molecule has 1 aromatic carbocycles. The van der Waals surface area contributed by atoms with Crippen LogP contribution in [0.3, 0.4) is 0 Å². The maximum atomic E-state index is 11.0. The Morgan fingerprint density at radius 1 is 1.57 bits per heavy atom. The molecule has 0 saturated carbocycles. The minimum atomic E-state index is -0.316. The van der Waals surface area contributed by atoms with E-state index in [1.165, 1.54) is 11.3 Å². The van der Waals surface area contributed by atoms with Crippen molar-refractivity contribution in [2.24, 2.45) is 0 Å². The molecule has 0 bridgehead atoms. The van der Waals surface area contributed by atoms with Crippen LogP contribution in [-0.4, -0.2) is 17.3 Å². The molecule has 5 heteroatoms. The van der Waals surface area contributed by atoms with Gasteiger partial charge in [-0.15, -0.1) is 0 Å². The van der Waals surface area contributed by atoms with Crippen LogP contribution in [0, 0.1) is 0 Å². The zero-order chi connectivity index (χ0) is 10.1. The van der Waals surface area contributed by atoms with E-state index in [9.17, 15) is 4.79 Å². The molecule has 1 amide bonds. The van der Waals surface area contributed by atoms with Crippen LogP contribution in [0.4, 0.5) is 10.5 Å². The third-order valence-corrected chi connectivity index (χ3v) is 2.29. The van der Waals surface area contributed by atoms with Crippen molar-refractivity contribution in [3.8, 4) is 0 Å². The molecule has 4 nitrogen and oxygen atoms in total. The molecule has 0 spiro atoms. The molecule has 0 unspecified atom stereocenters. The quantitative estimate of drug-likeness (QED) is 0.731. The van der Waals surface area contributed by atoms with Crippen LogP contribution in [0.5, 0.6) is 0 Å². The van der Waals surface area contributed by atoms with E-state index in [0.29, 0.717) is 5.58 Å². The number of hydrogen-bond acceptors (Lipinski definition) is 3. The number of benzene rings is 1. The van der Waals surface area contributed by atoms with E-state index in [-0.39, 0.29) is 5.24 Å². The smallest absolute Gasteiger partial charge is 0.282 e. The molecule has 2 aromatic rings. The van der Waals surface area contributed by atoms with Gasteiger partial charge in [-0.3, -0.25) is 4.79 Å². The normalized spacial score (nSPS) is 10.4. The Kier molecular flexibility index (Phi) is 2.17. The molecule has 14 heavy (non-hydrogen) atoms. The minimum Gasteiger partial charge on any atom is -0.443 e. The van der Waals surface area contributed by atoms with Gasteiger partial charge in [0.1, 0.15) is 5.52 Å². The van der Waals surface area contributed by atoms with E-state index >= 15 is 0 Å². The van der Waals surface area contributed by atoms with Gasteiger partial charge in [-0.1, -0.05) is 12.6 Å². The Morgan fingerprint density at radius 3 is 3.07 bits per heavy atom. The van der Waals surface area contributed by atoms with Crippen molar-refractivity contribution in [2.75, 3.05) is 11.9 Å². The van der Waals surface area contributed by atoms with Crippen molar-refractivity contribution < 1.29 is 9.21 Å². The van der Waals surface area contributed by atoms with Crippen molar-refractivity contribution in [2.45, 2.75) is 0 Å². The first-order chi connectivity index (χ1) is 6.68. The zero-order valence-corrected chi connectivity index (χ0v) is 8.36. The summed E-state index contributed by atoms with van der Waals surface area (Å²) in [5.74, 6) is 0. The van der Waals surface area contributed by atoms with Gasteiger partial charge >= 0.3 is 0 Å². The predicted molar refractivity (Wildman–Crippen MR) is 56.8 cm³/mol. The molecule has 0 aliphatic heterocycles. The predicted octanol–water partition coefficient (Wildman–Crippen LogP) is 2.31. The second-order valence-corrected chi connectivity index (χ2v) is 3.23. The van der Waals surface area contributed by atoms with E-state index in [1.54, 1.807) is 25.2 Å². The first-order valence-electron chi connectivity index (χ1n) is 3.98. The molecule has 0 saturated heterocycles. The molecule has 0 N–H and O–H groups in total. The summed E-state index contributed by atoms with van der Waals surface area (Å²) in [6.45, 7) is 0. The monoisotopic (exact) mass is 208 g/mol. The van der Waals surface area contributed by atoms with Gasteiger partial charge in [0.15, 0.2) is 12.0 Å². The molecular formula is C9H8N2O2S. The van der Waals surface area contributed by atoms with E-state index in [4.69, 9.17) is 4.42 Å². The number of fused-ring (bicyclic) bond motifs is 1. The highest BCUT2D eigenvalue weighted by atomic mass is 32.1. The number of nitrogens with zero attached hydrogens (tertiary/aromatic N) is 2. The molecule has 0 fully saturated rings. The maximum Gasteiger partial charge on any atom is 0.282 e. The van der Waals surface area contributed by atoms with E-state index < -0.39 is 0 Å². The Hall–Kier alpha value is -1.49. The van der Waals surface area contributed by atoms with Gasteiger partial charge < -0.3 is 9.32 Å². The maximum absolute atomic E-state index is 11.0. The molecule has 0 radical (unpaired) electrons. The fraction of sp³-hybridized carbons (Fsp3) is 0.111. The van der Waals surface area contributed by atoms with Gasteiger partial charge in [-0.05, 0) is 12.1 Å². The lowest BCUT2D eigenvalue weighted by molar-refractivity contribution is 0.266. The van der Waals surface area contributed by atoms with Crippen LogP contribution in [0.2, 0.25) is 0 Å². The van der Waals surface area contributed by atoms with E-state index in [2.05, 4.69) is 17.6 Å². The van der Waals surface area contributed by atoms with Gasteiger partial charge in [0.05, 0.1) is 0 Å². The number of carbonyl (C=O) groups excluding carboxylic acids is 1. The summed E-state index contributed by atoms with van der Waals surface area (Å²) in [6.07, 6.45) is 1.37. The van der Waals surface area contributed by atoms with Gasteiger partial charge in [0.2, 0.25) is 0 Å². The molecule has 0 aliphatic rings. The Bertz CT molecular complexity index is 480. The topological polar surface area (TPSA) is 46.3 Å². The third-order valence-electron chi connectivity index (χ3n) is 1.99.